The third-order valence-corrected chi connectivity index (χ3v) is 7.22. The molecule has 150 valence electrons. The molecule has 1 heterocycles. The van der Waals surface area contributed by atoms with Crippen molar-refractivity contribution in [3.8, 4) is 0 Å². The van der Waals surface area contributed by atoms with E-state index in [-0.39, 0.29) is 22.4 Å². The topological polar surface area (TPSA) is 104 Å². The lowest BCUT2D eigenvalue weighted by Crippen LogP contribution is -2.45. The van der Waals surface area contributed by atoms with Crippen molar-refractivity contribution in [3.05, 3.63) is 29.8 Å². The number of aliphatic carboxylic acids is 1. The maximum atomic E-state index is 13.0. The van der Waals surface area contributed by atoms with E-state index in [1.165, 1.54) is 28.6 Å². The van der Waals surface area contributed by atoms with Gasteiger partial charge in [0.2, 0.25) is 10.0 Å². The van der Waals surface area contributed by atoms with Gasteiger partial charge in [-0.2, -0.15) is 4.31 Å². The number of hydrogen-bond donors (Lipinski definition) is 2. The van der Waals surface area contributed by atoms with Crippen LogP contribution in [-0.2, 0) is 14.8 Å². The van der Waals surface area contributed by atoms with Crippen LogP contribution < -0.4 is 5.32 Å². The Kier molecular flexibility index (Phi) is 7.00. The second kappa shape index (κ2) is 8.84. The summed E-state index contributed by atoms with van der Waals surface area (Å²) in [5.41, 5.74) is 0.135. The maximum absolute atomic E-state index is 13.0. The van der Waals surface area contributed by atoms with Gasteiger partial charge in [-0.3, -0.25) is 4.79 Å². The minimum absolute atomic E-state index is 0.0549. The van der Waals surface area contributed by atoms with Crippen LogP contribution in [0.25, 0.3) is 0 Å². The van der Waals surface area contributed by atoms with Crippen molar-refractivity contribution in [2.45, 2.75) is 63.4 Å². The summed E-state index contributed by atoms with van der Waals surface area (Å²) in [7, 11) is -3.70. The van der Waals surface area contributed by atoms with Crippen molar-refractivity contribution >= 4 is 21.9 Å². The summed E-state index contributed by atoms with van der Waals surface area (Å²) in [6.45, 7) is 5.95. The molecule has 27 heavy (non-hydrogen) atoms. The highest BCUT2D eigenvalue weighted by Crippen LogP contribution is 2.25. The molecule has 2 rings (SSSR count). The Morgan fingerprint density at radius 2 is 2.04 bits per heavy atom. The van der Waals surface area contributed by atoms with Crippen LogP contribution in [0.2, 0.25) is 0 Å². The number of benzene rings is 1. The van der Waals surface area contributed by atoms with Gasteiger partial charge in [0.1, 0.15) is 6.04 Å². The van der Waals surface area contributed by atoms with E-state index in [0.29, 0.717) is 13.0 Å². The molecule has 1 aromatic carbocycles. The number of hydrogen-bond acceptors (Lipinski definition) is 4. The first-order valence-corrected chi connectivity index (χ1v) is 10.8. The number of carboxylic acid groups (broad SMARTS) is 1. The second-order valence-corrected chi connectivity index (χ2v) is 9.05. The highest BCUT2D eigenvalue weighted by Gasteiger charge is 2.32. The van der Waals surface area contributed by atoms with E-state index in [4.69, 9.17) is 0 Å². The number of amides is 1. The molecule has 0 aromatic heterocycles. The van der Waals surface area contributed by atoms with Crippen LogP contribution in [0.1, 0.15) is 56.8 Å². The number of carboxylic acids is 1. The summed E-state index contributed by atoms with van der Waals surface area (Å²) < 4.78 is 27.4. The first-order valence-electron chi connectivity index (χ1n) is 9.34. The molecule has 0 aliphatic carbocycles. The molecule has 0 bridgehead atoms. The number of piperidine rings is 1. The van der Waals surface area contributed by atoms with Gasteiger partial charge in [0, 0.05) is 18.2 Å². The second-order valence-electron chi connectivity index (χ2n) is 7.16. The predicted octanol–water partition coefficient (Wildman–Crippen LogP) is 2.48. The van der Waals surface area contributed by atoms with E-state index < -0.39 is 27.9 Å². The predicted molar refractivity (Wildman–Crippen MR) is 102 cm³/mol. The number of nitrogens with one attached hydrogen (secondary N) is 1. The van der Waals surface area contributed by atoms with Gasteiger partial charge in [0.25, 0.3) is 5.91 Å². The fourth-order valence-corrected chi connectivity index (χ4v) is 5.02. The Labute approximate surface area is 160 Å². The Balaban J connectivity index is 2.26. The Hall–Kier alpha value is -1.93. The Bertz CT molecular complexity index is 793. The molecule has 0 spiro atoms. The summed E-state index contributed by atoms with van der Waals surface area (Å²) >= 11 is 0. The Morgan fingerprint density at radius 3 is 2.63 bits per heavy atom. The molecule has 1 aromatic rings. The number of sulfonamides is 1. The van der Waals surface area contributed by atoms with Crippen molar-refractivity contribution in [2.75, 3.05) is 6.54 Å². The molecule has 1 aliphatic heterocycles. The molecular formula is C19H28N2O5S. The molecular weight excluding hydrogens is 368 g/mol. The average molecular weight is 397 g/mol. The zero-order valence-electron chi connectivity index (χ0n) is 16.0. The molecule has 0 saturated carbocycles. The van der Waals surface area contributed by atoms with Gasteiger partial charge in [0.15, 0.2) is 0 Å². The number of carbonyl (C=O) groups excluding carboxylic acids is 1. The van der Waals surface area contributed by atoms with Gasteiger partial charge in [-0.25, -0.2) is 13.2 Å². The molecule has 1 saturated heterocycles. The molecule has 8 heteroatoms. The van der Waals surface area contributed by atoms with E-state index in [9.17, 15) is 23.1 Å². The van der Waals surface area contributed by atoms with Crippen LogP contribution in [0, 0.1) is 5.92 Å². The fraction of sp³-hybridized carbons (Fsp3) is 0.579. The van der Waals surface area contributed by atoms with Crippen LogP contribution in [-0.4, -0.2) is 48.3 Å². The molecule has 2 N–H and O–H groups in total. The molecule has 1 amide bonds. The quantitative estimate of drug-likeness (QED) is 0.737. The third-order valence-electron chi connectivity index (χ3n) is 5.21. The lowest BCUT2D eigenvalue weighted by molar-refractivity contribution is -0.140. The minimum atomic E-state index is -3.70. The minimum Gasteiger partial charge on any atom is -0.480 e. The van der Waals surface area contributed by atoms with Crippen molar-refractivity contribution in [1.82, 2.24) is 9.62 Å². The molecule has 1 aliphatic rings. The largest absolute Gasteiger partial charge is 0.480 e. The number of carbonyl (C=O) groups is 2. The smallest absolute Gasteiger partial charge is 0.326 e. The molecule has 1 unspecified atom stereocenters. The van der Waals surface area contributed by atoms with Gasteiger partial charge in [0.05, 0.1) is 4.90 Å². The average Bonchev–Trinajstić information content (AvgIpc) is 2.65. The van der Waals surface area contributed by atoms with Gasteiger partial charge in [-0.05, 0) is 43.9 Å². The van der Waals surface area contributed by atoms with Crippen molar-refractivity contribution in [3.63, 3.8) is 0 Å². The third kappa shape index (κ3) is 4.87. The van der Waals surface area contributed by atoms with Crippen LogP contribution in [0.5, 0.6) is 0 Å². The highest BCUT2D eigenvalue weighted by atomic mass is 32.2. The van der Waals surface area contributed by atoms with Crippen LogP contribution in [0.4, 0.5) is 0 Å². The fourth-order valence-electron chi connectivity index (χ4n) is 3.27. The zero-order chi connectivity index (χ0) is 20.2. The van der Waals surface area contributed by atoms with Gasteiger partial charge >= 0.3 is 5.97 Å². The van der Waals surface area contributed by atoms with E-state index in [1.807, 2.05) is 13.8 Å². The SMILES string of the molecule is CC[C@H](C)[C@H](NC(=O)c1cccc(S(=O)(=O)N2CCCCC2C)c1)C(=O)O. The van der Waals surface area contributed by atoms with Crippen LogP contribution >= 0.6 is 0 Å². The summed E-state index contributed by atoms with van der Waals surface area (Å²) in [6.07, 6.45) is 3.23. The van der Waals surface area contributed by atoms with Gasteiger partial charge < -0.3 is 10.4 Å². The van der Waals surface area contributed by atoms with Crippen molar-refractivity contribution < 1.29 is 23.1 Å². The molecule has 0 radical (unpaired) electrons. The zero-order valence-corrected chi connectivity index (χ0v) is 16.8. The lowest BCUT2D eigenvalue weighted by atomic mass is 9.99. The van der Waals surface area contributed by atoms with E-state index in [1.54, 1.807) is 6.92 Å². The van der Waals surface area contributed by atoms with E-state index in [2.05, 4.69) is 5.32 Å². The van der Waals surface area contributed by atoms with Gasteiger partial charge in [-0.15, -0.1) is 0 Å². The van der Waals surface area contributed by atoms with Crippen LogP contribution in [0.3, 0.4) is 0 Å². The van der Waals surface area contributed by atoms with Crippen LogP contribution in [0.15, 0.2) is 29.2 Å². The van der Waals surface area contributed by atoms with E-state index >= 15 is 0 Å². The first kappa shape index (κ1) is 21.4. The summed E-state index contributed by atoms with van der Waals surface area (Å²) in [5.74, 6) is -1.94. The molecule has 7 nitrogen and oxygen atoms in total. The van der Waals surface area contributed by atoms with Crippen molar-refractivity contribution in [1.29, 1.82) is 0 Å². The summed E-state index contributed by atoms with van der Waals surface area (Å²) in [5, 5.41) is 11.8. The maximum Gasteiger partial charge on any atom is 0.326 e. The van der Waals surface area contributed by atoms with Crippen molar-refractivity contribution in [2.24, 2.45) is 5.92 Å². The number of rotatable bonds is 7. The first-order chi connectivity index (χ1) is 12.7. The lowest BCUT2D eigenvalue weighted by Gasteiger charge is -2.32. The standard InChI is InChI=1S/C19H28N2O5S/c1-4-13(2)17(19(23)24)20-18(22)15-9-7-10-16(12-15)27(25,26)21-11-6-5-8-14(21)3/h7,9-10,12-14,17H,4-6,8,11H2,1-3H3,(H,20,22)(H,23,24)/t13-,14?,17-/m0/s1. The highest BCUT2D eigenvalue weighted by molar-refractivity contribution is 7.89. The number of nitrogens with zero attached hydrogens (tertiary/aromatic N) is 1. The van der Waals surface area contributed by atoms with Gasteiger partial charge in [-0.1, -0.05) is 32.8 Å². The van der Waals surface area contributed by atoms with E-state index in [0.717, 1.165) is 19.3 Å². The monoisotopic (exact) mass is 396 g/mol. The Morgan fingerprint density at radius 1 is 1.33 bits per heavy atom. The molecule has 1 fully saturated rings. The molecule has 3 atom stereocenters. The summed E-state index contributed by atoms with van der Waals surface area (Å²) in [6, 6.07) is 4.69. The normalized spacial score (nSPS) is 20.6. The summed E-state index contributed by atoms with van der Waals surface area (Å²) in [4.78, 5) is 24.0.